The van der Waals surface area contributed by atoms with Crippen LogP contribution in [0.4, 0.5) is 26.3 Å². The van der Waals surface area contributed by atoms with Crippen molar-refractivity contribution in [3.05, 3.63) is 76.6 Å². The van der Waals surface area contributed by atoms with E-state index >= 15 is 0 Å². The first-order valence-corrected chi connectivity index (χ1v) is 9.66. The highest BCUT2D eigenvalue weighted by molar-refractivity contribution is 5.86. The van der Waals surface area contributed by atoms with Crippen LogP contribution in [-0.4, -0.2) is 6.36 Å². The number of fused-ring (bicyclic) bond motifs is 1. The Kier molecular flexibility index (Phi) is 6.79. The number of hydrogen-bond acceptors (Lipinski definition) is 1. The lowest BCUT2D eigenvalue weighted by molar-refractivity contribution is -0.276. The number of benzene rings is 3. The second kappa shape index (κ2) is 9.34. The first kappa shape index (κ1) is 22.5. The van der Waals surface area contributed by atoms with Crippen LogP contribution in [0.5, 0.6) is 5.75 Å². The molecular formula is C24H18F6O. The van der Waals surface area contributed by atoms with Crippen LogP contribution in [0, 0.1) is 29.3 Å². The molecule has 0 saturated carbocycles. The summed E-state index contributed by atoms with van der Waals surface area (Å²) in [6.07, 6.45) is -1.34. The lowest BCUT2D eigenvalue weighted by Crippen LogP contribution is -2.19. The molecule has 1 nitrogen and oxygen atoms in total. The number of alkyl halides is 3. The van der Waals surface area contributed by atoms with Crippen LogP contribution in [0.3, 0.4) is 0 Å². The number of rotatable bonds is 5. The lowest BCUT2D eigenvalue weighted by atomic mass is 10.0. The van der Waals surface area contributed by atoms with Crippen molar-refractivity contribution < 1.29 is 31.1 Å². The van der Waals surface area contributed by atoms with Gasteiger partial charge in [0.1, 0.15) is 5.82 Å². The molecule has 162 valence electrons. The second-order valence-corrected chi connectivity index (χ2v) is 7.01. The van der Waals surface area contributed by atoms with Gasteiger partial charge in [-0.1, -0.05) is 43.7 Å². The van der Waals surface area contributed by atoms with Crippen LogP contribution in [0.25, 0.3) is 10.8 Å². The summed E-state index contributed by atoms with van der Waals surface area (Å²) < 4.78 is 83.0. The Labute approximate surface area is 175 Å². The van der Waals surface area contributed by atoms with Gasteiger partial charge < -0.3 is 4.74 Å². The molecule has 3 aromatic carbocycles. The molecule has 0 amide bonds. The van der Waals surface area contributed by atoms with Gasteiger partial charge >= 0.3 is 6.36 Å². The van der Waals surface area contributed by atoms with Gasteiger partial charge in [-0.25, -0.2) is 13.2 Å². The van der Waals surface area contributed by atoms with Crippen molar-refractivity contribution in [1.82, 2.24) is 0 Å². The molecular weight excluding hydrogens is 418 g/mol. The molecule has 7 heteroatoms. The number of unbranched alkanes of at least 4 members (excludes halogenated alkanes) is 2. The van der Waals surface area contributed by atoms with E-state index in [1.165, 1.54) is 24.3 Å². The van der Waals surface area contributed by atoms with Crippen LogP contribution < -0.4 is 4.74 Å². The summed E-state index contributed by atoms with van der Waals surface area (Å²) in [4.78, 5) is 0. The predicted molar refractivity (Wildman–Crippen MR) is 106 cm³/mol. The predicted octanol–water partition coefficient (Wildman–Crippen LogP) is 7.29. The highest BCUT2D eigenvalue weighted by Crippen LogP contribution is 2.33. The zero-order valence-electron chi connectivity index (χ0n) is 16.5. The maximum absolute atomic E-state index is 14.3. The fraction of sp³-hybridized carbons (Fsp3) is 0.250. The maximum atomic E-state index is 14.3. The van der Waals surface area contributed by atoms with Crippen molar-refractivity contribution in [2.24, 2.45) is 0 Å². The van der Waals surface area contributed by atoms with Crippen LogP contribution in [0.2, 0.25) is 0 Å². The molecule has 0 aliphatic rings. The van der Waals surface area contributed by atoms with Gasteiger partial charge in [0, 0.05) is 10.9 Å². The third-order valence-electron chi connectivity index (χ3n) is 4.65. The first-order chi connectivity index (χ1) is 14.7. The third kappa shape index (κ3) is 5.72. The fourth-order valence-corrected chi connectivity index (χ4v) is 3.13. The van der Waals surface area contributed by atoms with Crippen LogP contribution in [-0.2, 0) is 6.42 Å². The minimum Gasteiger partial charge on any atom is -0.399 e. The Morgan fingerprint density at radius 2 is 1.65 bits per heavy atom. The molecule has 0 saturated heterocycles. The van der Waals surface area contributed by atoms with Gasteiger partial charge in [0.2, 0.25) is 5.75 Å². The Hall–Kier alpha value is -3.14. The Balaban J connectivity index is 1.87. The van der Waals surface area contributed by atoms with Crippen molar-refractivity contribution in [3.8, 4) is 17.6 Å². The summed E-state index contributed by atoms with van der Waals surface area (Å²) in [7, 11) is 0. The minimum absolute atomic E-state index is 0.00284. The quantitative estimate of drug-likeness (QED) is 0.232. The van der Waals surface area contributed by atoms with Crippen molar-refractivity contribution >= 4 is 10.8 Å². The monoisotopic (exact) mass is 436 g/mol. The van der Waals surface area contributed by atoms with Crippen LogP contribution >= 0.6 is 0 Å². The maximum Gasteiger partial charge on any atom is 0.573 e. The average Bonchev–Trinajstić information content (AvgIpc) is 2.70. The molecule has 0 aliphatic carbocycles. The second-order valence-electron chi connectivity index (χ2n) is 7.01. The largest absolute Gasteiger partial charge is 0.573 e. The van der Waals surface area contributed by atoms with E-state index in [1.807, 2.05) is 0 Å². The number of hydrogen-bond donors (Lipinski definition) is 0. The molecule has 0 radical (unpaired) electrons. The van der Waals surface area contributed by atoms with E-state index in [4.69, 9.17) is 0 Å². The first-order valence-electron chi connectivity index (χ1n) is 9.66. The van der Waals surface area contributed by atoms with Crippen molar-refractivity contribution in [2.45, 2.75) is 39.0 Å². The van der Waals surface area contributed by atoms with Crippen LogP contribution in [0.15, 0.2) is 42.5 Å². The van der Waals surface area contributed by atoms with E-state index in [0.717, 1.165) is 37.3 Å². The number of aryl methyl sites for hydroxylation is 1. The minimum atomic E-state index is -5.23. The van der Waals surface area contributed by atoms with Gasteiger partial charge in [0.15, 0.2) is 11.6 Å². The van der Waals surface area contributed by atoms with Gasteiger partial charge in [0.25, 0.3) is 0 Å². The van der Waals surface area contributed by atoms with E-state index in [0.29, 0.717) is 5.56 Å². The Morgan fingerprint density at radius 3 is 2.32 bits per heavy atom. The highest BCUT2D eigenvalue weighted by Gasteiger charge is 2.34. The standard InChI is InChI=1S/C24H18F6O/c1-2-3-4-5-15-6-9-17(20(25)13-15)10-7-16-8-11-19-18(12-16)14-21(26)23(22(19)27)31-24(28,29)30/h6,8-9,11-14H,2-5H2,1H3. The molecule has 31 heavy (non-hydrogen) atoms. The molecule has 3 aromatic rings. The molecule has 0 heterocycles. The molecule has 0 N–H and O–H groups in total. The van der Waals surface area contributed by atoms with Gasteiger partial charge in [0.05, 0.1) is 5.56 Å². The van der Waals surface area contributed by atoms with Crippen molar-refractivity contribution in [1.29, 1.82) is 0 Å². The molecule has 0 unspecified atom stereocenters. The summed E-state index contributed by atoms with van der Waals surface area (Å²) in [5, 5.41) is -0.253. The van der Waals surface area contributed by atoms with E-state index in [9.17, 15) is 26.3 Å². The van der Waals surface area contributed by atoms with E-state index in [2.05, 4.69) is 23.5 Å². The molecule has 0 aliphatic heterocycles. The normalized spacial score (nSPS) is 11.3. The summed E-state index contributed by atoms with van der Waals surface area (Å²) in [5.41, 5.74) is 1.37. The van der Waals surface area contributed by atoms with Crippen molar-refractivity contribution in [2.75, 3.05) is 0 Å². The number of ether oxygens (including phenoxy) is 1. The van der Waals surface area contributed by atoms with Gasteiger partial charge in [-0.15, -0.1) is 13.2 Å². The van der Waals surface area contributed by atoms with Crippen molar-refractivity contribution in [3.63, 3.8) is 0 Å². The zero-order valence-corrected chi connectivity index (χ0v) is 16.5. The highest BCUT2D eigenvalue weighted by atomic mass is 19.4. The fourth-order valence-electron chi connectivity index (χ4n) is 3.13. The van der Waals surface area contributed by atoms with Crippen LogP contribution in [0.1, 0.15) is 42.9 Å². The molecule has 3 rings (SSSR count). The smallest absolute Gasteiger partial charge is 0.399 e. The topological polar surface area (TPSA) is 9.23 Å². The molecule has 0 bridgehead atoms. The van der Waals surface area contributed by atoms with E-state index in [-0.39, 0.29) is 16.3 Å². The average molecular weight is 436 g/mol. The van der Waals surface area contributed by atoms with Gasteiger partial charge in [-0.05, 0) is 54.1 Å². The molecule has 0 atom stereocenters. The molecule has 0 fully saturated rings. The molecule has 0 spiro atoms. The van der Waals surface area contributed by atoms with E-state index in [1.54, 1.807) is 12.1 Å². The lowest BCUT2D eigenvalue weighted by Gasteiger charge is -2.12. The van der Waals surface area contributed by atoms with E-state index < -0.39 is 29.6 Å². The summed E-state index contributed by atoms with van der Waals surface area (Å²) >= 11 is 0. The third-order valence-corrected chi connectivity index (χ3v) is 4.65. The Bertz CT molecular complexity index is 1150. The SMILES string of the molecule is CCCCCc1ccc(C#Cc2ccc3c(F)c(OC(F)(F)F)c(F)cc3c2)c(F)c1. The van der Waals surface area contributed by atoms with Gasteiger partial charge in [-0.2, -0.15) is 0 Å². The zero-order chi connectivity index (χ0) is 22.6. The summed E-state index contributed by atoms with van der Waals surface area (Å²) in [6, 6.07) is 9.38. The Morgan fingerprint density at radius 1 is 0.871 bits per heavy atom. The molecule has 0 aromatic heterocycles. The number of halogens is 6. The van der Waals surface area contributed by atoms with Gasteiger partial charge in [-0.3, -0.25) is 0 Å². The summed E-state index contributed by atoms with van der Waals surface area (Å²) in [5.74, 6) is 0.457. The summed E-state index contributed by atoms with van der Waals surface area (Å²) in [6.45, 7) is 2.09.